The molecule has 2 aromatic heterocycles. The Balaban J connectivity index is 1.61. The number of anilines is 2. The highest BCUT2D eigenvalue weighted by molar-refractivity contribution is 6.30. The van der Waals surface area contributed by atoms with Crippen LogP contribution in [0.4, 0.5) is 29.1 Å². The fraction of sp³-hybridized carbons (Fsp3) is 0.250. The highest BCUT2D eigenvalue weighted by Crippen LogP contribution is 2.47. The number of aliphatic hydroxyl groups excluding tert-OH is 1. The normalized spacial score (nSPS) is 18.8. The number of fused-ring (bicyclic) bond motifs is 1. The Kier molecular flexibility index (Phi) is 7.18. The third-order valence-corrected chi connectivity index (χ3v) is 6.20. The molecule has 3 N–H and O–H groups in total. The van der Waals surface area contributed by atoms with Gasteiger partial charge in [0.25, 0.3) is 24.2 Å². The number of halogens is 5. The summed E-state index contributed by atoms with van der Waals surface area (Å²) in [5.41, 5.74) is -4.56. The SMILES string of the molecule is O=C(Nc1ccc(C(=O)N2CCC(F)(F)[C@](O)(CO)c3cc(Cl)ccc32)cn1)c1cccnc1C(F)F. The molecule has 3 aromatic rings. The van der Waals surface area contributed by atoms with Gasteiger partial charge in [-0.3, -0.25) is 14.6 Å². The van der Waals surface area contributed by atoms with E-state index in [1.54, 1.807) is 0 Å². The zero-order chi connectivity index (χ0) is 27.0. The Bertz CT molecular complexity index is 1340. The first-order valence-corrected chi connectivity index (χ1v) is 11.2. The van der Waals surface area contributed by atoms with Crippen LogP contribution in [0.3, 0.4) is 0 Å². The third-order valence-electron chi connectivity index (χ3n) is 5.97. The van der Waals surface area contributed by atoms with Crippen LogP contribution >= 0.6 is 11.6 Å². The third kappa shape index (κ3) is 4.87. The average molecular weight is 539 g/mol. The standard InChI is InChI=1S/C24H19ClF4N4O4/c25-14-4-5-17-16(10-14)23(37,12-34)24(28,29)7-9-33(17)22(36)13-3-6-18(31-11-13)32-21(35)15-2-1-8-30-19(15)20(26)27/h1-6,8,10-11,20,34,37H,7,9,12H2,(H,31,32,35)/t23-/m0/s1. The zero-order valence-corrected chi connectivity index (χ0v) is 19.6. The summed E-state index contributed by atoms with van der Waals surface area (Å²) in [6.45, 7) is -1.81. The summed E-state index contributed by atoms with van der Waals surface area (Å²) in [5.74, 6) is -5.49. The molecule has 194 valence electrons. The van der Waals surface area contributed by atoms with Gasteiger partial charge in [-0.25, -0.2) is 22.5 Å². The number of hydrogen-bond acceptors (Lipinski definition) is 6. The van der Waals surface area contributed by atoms with Gasteiger partial charge in [0.05, 0.1) is 23.4 Å². The van der Waals surface area contributed by atoms with Crippen molar-refractivity contribution in [3.8, 4) is 0 Å². The van der Waals surface area contributed by atoms with Crippen LogP contribution in [0.25, 0.3) is 0 Å². The summed E-state index contributed by atoms with van der Waals surface area (Å²) in [4.78, 5) is 34.2. The second-order valence-corrected chi connectivity index (χ2v) is 8.65. The highest BCUT2D eigenvalue weighted by Gasteiger charge is 2.56. The minimum atomic E-state index is -3.79. The maximum atomic E-state index is 14.9. The number of rotatable bonds is 5. The van der Waals surface area contributed by atoms with E-state index in [0.29, 0.717) is 0 Å². The van der Waals surface area contributed by atoms with Crippen LogP contribution in [0.5, 0.6) is 0 Å². The Morgan fingerprint density at radius 1 is 1.16 bits per heavy atom. The molecule has 1 aliphatic rings. The van der Waals surface area contributed by atoms with Crippen LogP contribution in [-0.2, 0) is 5.60 Å². The van der Waals surface area contributed by atoms with E-state index in [4.69, 9.17) is 11.6 Å². The van der Waals surface area contributed by atoms with E-state index in [0.717, 1.165) is 23.4 Å². The molecule has 8 nitrogen and oxygen atoms in total. The number of carbonyl (C=O) groups is 2. The zero-order valence-electron chi connectivity index (χ0n) is 18.8. The molecule has 0 unspecified atom stereocenters. The summed E-state index contributed by atoms with van der Waals surface area (Å²) < 4.78 is 56.0. The van der Waals surface area contributed by atoms with Crippen molar-refractivity contribution in [2.24, 2.45) is 0 Å². The summed E-state index contributed by atoms with van der Waals surface area (Å²) in [7, 11) is 0. The Morgan fingerprint density at radius 2 is 1.92 bits per heavy atom. The summed E-state index contributed by atoms with van der Waals surface area (Å²) in [6.07, 6.45) is -1.73. The van der Waals surface area contributed by atoms with Gasteiger partial charge in [0.2, 0.25) is 0 Å². The van der Waals surface area contributed by atoms with Crippen molar-refractivity contribution in [3.63, 3.8) is 0 Å². The molecule has 0 saturated carbocycles. The summed E-state index contributed by atoms with van der Waals surface area (Å²) in [5, 5.41) is 22.7. The highest BCUT2D eigenvalue weighted by atomic mass is 35.5. The van der Waals surface area contributed by atoms with Crippen molar-refractivity contribution in [1.29, 1.82) is 0 Å². The van der Waals surface area contributed by atoms with E-state index in [1.165, 1.54) is 36.4 Å². The molecule has 37 heavy (non-hydrogen) atoms. The quantitative estimate of drug-likeness (QED) is 0.420. The van der Waals surface area contributed by atoms with E-state index in [9.17, 15) is 37.4 Å². The van der Waals surface area contributed by atoms with Gasteiger partial charge >= 0.3 is 0 Å². The van der Waals surface area contributed by atoms with Crippen molar-refractivity contribution in [2.75, 3.05) is 23.4 Å². The fourth-order valence-electron chi connectivity index (χ4n) is 3.98. The van der Waals surface area contributed by atoms with E-state index in [-0.39, 0.29) is 27.7 Å². The first-order chi connectivity index (χ1) is 17.5. The fourth-order valence-corrected chi connectivity index (χ4v) is 4.15. The van der Waals surface area contributed by atoms with Gasteiger partial charge in [-0.15, -0.1) is 0 Å². The smallest absolute Gasteiger partial charge is 0.284 e. The number of aliphatic hydroxyl groups is 2. The predicted molar refractivity (Wildman–Crippen MR) is 125 cm³/mol. The molecule has 0 fully saturated rings. The van der Waals surface area contributed by atoms with Gasteiger partial charge < -0.3 is 20.4 Å². The number of alkyl halides is 4. The Morgan fingerprint density at radius 3 is 2.57 bits per heavy atom. The van der Waals surface area contributed by atoms with Gasteiger partial charge in [0, 0.05) is 35.9 Å². The minimum absolute atomic E-state index is 0.0149. The molecule has 3 heterocycles. The average Bonchev–Trinajstić information content (AvgIpc) is 2.96. The van der Waals surface area contributed by atoms with Gasteiger partial charge in [-0.2, -0.15) is 0 Å². The maximum absolute atomic E-state index is 14.9. The number of hydrogen-bond donors (Lipinski definition) is 3. The van der Waals surface area contributed by atoms with Gasteiger partial charge in [-0.1, -0.05) is 11.6 Å². The molecule has 0 spiro atoms. The molecular formula is C24H19ClF4N4O4. The first-order valence-electron chi connectivity index (χ1n) is 10.8. The van der Waals surface area contributed by atoms with Crippen molar-refractivity contribution in [1.82, 2.24) is 9.97 Å². The summed E-state index contributed by atoms with van der Waals surface area (Å²) in [6, 6.07) is 8.70. The lowest BCUT2D eigenvalue weighted by molar-refractivity contribution is -0.205. The second-order valence-electron chi connectivity index (χ2n) is 8.21. The van der Waals surface area contributed by atoms with Crippen LogP contribution < -0.4 is 10.2 Å². The number of amides is 2. The molecular weight excluding hydrogens is 520 g/mol. The minimum Gasteiger partial charge on any atom is -0.393 e. The van der Waals surface area contributed by atoms with Gasteiger partial charge in [-0.05, 0) is 42.5 Å². The van der Waals surface area contributed by atoms with Crippen LogP contribution in [0.2, 0.25) is 5.02 Å². The molecule has 0 aliphatic carbocycles. The van der Waals surface area contributed by atoms with Crippen molar-refractivity contribution < 1.29 is 37.4 Å². The van der Waals surface area contributed by atoms with Gasteiger partial charge in [0.1, 0.15) is 11.5 Å². The number of carbonyl (C=O) groups excluding carboxylic acids is 2. The molecule has 2 amide bonds. The number of benzene rings is 1. The van der Waals surface area contributed by atoms with Crippen LogP contribution in [0.15, 0.2) is 54.9 Å². The van der Waals surface area contributed by atoms with Crippen molar-refractivity contribution >= 4 is 34.9 Å². The summed E-state index contributed by atoms with van der Waals surface area (Å²) >= 11 is 5.95. The molecule has 4 rings (SSSR count). The van der Waals surface area contributed by atoms with Crippen LogP contribution in [0.1, 0.15) is 44.8 Å². The lowest BCUT2D eigenvalue weighted by Crippen LogP contribution is -2.48. The second kappa shape index (κ2) is 10.0. The maximum Gasteiger partial charge on any atom is 0.284 e. The first kappa shape index (κ1) is 26.5. The van der Waals surface area contributed by atoms with E-state index in [2.05, 4.69) is 15.3 Å². The molecule has 0 saturated heterocycles. The molecule has 0 radical (unpaired) electrons. The van der Waals surface area contributed by atoms with Gasteiger partial charge in [0.15, 0.2) is 5.60 Å². The van der Waals surface area contributed by atoms with E-state index < -0.39 is 60.6 Å². The number of aromatic nitrogens is 2. The lowest BCUT2D eigenvalue weighted by Gasteiger charge is -2.33. The monoisotopic (exact) mass is 538 g/mol. The largest absolute Gasteiger partial charge is 0.393 e. The molecule has 13 heteroatoms. The Hall–Kier alpha value is -3.61. The number of pyridine rings is 2. The van der Waals surface area contributed by atoms with Crippen molar-refractivity contribution in [2.45, 2.75) is 24.4 Å². The molecule has 1 aliphatic heterocycles. The molecule has 1 aromatic carbocycles. The predicted octanol–water partition coefficient (Wildman–Crippen LogP) is 4.19. The number of nitrogens with zero attached hydrogens (tertiary/aromatic N) is 3. The van der Waals surface area contributed by atoms with E-state index >= 15 is 0 Å². The van der Waals surface area contributed by atoms with Crippen LogP contribution in [0, 0.1) is 0 Å². The van der Waals surface area contributed by atoms with Crippen LogP contribution in [-0.4, -0.2) is 51.1 Å². The van der Waals surface area contributed by atoms with Crippen molar-refractivity contribution in [3.05, 3.63) is 82.3 Å². The molecule has 0 bridgehead atoms. The topological polar surface area (TPSA) is 116 Å². The van der Waals surface area contributed by atoms with E-state index in [1.807, 2.05) is 0 Å². The Labute approximate surface area is 212 Å². The number of nitrogens with one attached hydrogen (secondary N) is 1. The lowest BCUT2D eigenvalue weighted by atomic mass is 9.86. The molecule has 1 atom stereocenters.